The summed E-state index contributed by atoms with van der Waals surface area (Å²) in [5.41, 5.74) is 3.36. The van der Waals surface area contributed by atoms with E-state index in [9.17, 15) is 4.79 Å². The van der Waals surface area contributed by atoms with Gasteiger partial charge in [0, 0.05) is 11.6 Å². The van der Waals surface area contributed by atoms with Crippen LogP contribution in [0.1, 0.15) is 22.0 Å². The Morgan fingerprint density at radius 3 is 2.70 bits per heavy atom. The Bertz CT molecular complexity index is 789. The molecule has 2 heterocycles. The Kier molecular flexibility index (Phi) is 2.47. The van der Waals surface area contributed by atoms with Gasteiger partial charge in [0.15, 0.2) is 0 Å². The number of hydrogen-bond donors (Lipinski definition) is 1. The van der Waals surface area contributed by atoms with E-state index in [1.807, 2.05) is 30.5 Å². The lowest BCUT2D eigenvalue weighted by molar-refractivity contribution is 0.0918. The van der Waals surface area contributed by atoms with E-state index in [1.54, 1.807) is 4.57 Å². The van der Waals surface area contributed by atoms with Gasteiger partial charge in [0.1, 0.15) is 0 Å². The summed E-state index contributed by atoms with van der Waals surface area (Å²) in [5, 5.41) is 4.48. The summed E-state index contributed by atoms with van der Waals surface area (Å²) in [6.45, 7) is 0.345. The lowest BCUT2D eigenvalue weighted by atomic mass is 9.97. The SMILES string of the molecule is O=C1CNC(c2ccccc2)c2cccc3ccn1c23. The minimum Gasteiger partial charge on any atom is -0.298 e. The standard InChI is InChI=1S/C17H14N2O/c20-15-11-18-16(12-5-2-1-3-6-12)14-8-4-7-13-9-10-19(15)17(13)14/h1-10,16,18H,11H2. The number of aromatic nitrogens is 1. The lowest BCUT2D eigenvalue weighted by Crippen LogP contribution is -2.27. The van der Waals surface area contributed by atoms with Crippen LogP contribution in [0, 0.1) is 0 Å². The van der Waals surface area contributed by atoms with E-state index in [1.165, 1.54) is 5.56 Å². The number of nitrogens with zero attached hydrogens (tertiary/aromatic N) is 1. The molecule has 2 aromatic carbocycles. The van der Waals surface area contributed by atoms with Crippen molar-refractivity contribution in [2.75, 3.05) is 6.54 Å². The van der Waals surface area contributed by atoms with Gasteiger partial charge in [-0.1, -0.05) is 48.5 Å². The second kappa shape index (κ2) is 4.32. The predicted molar refractivity (Wildman–Crippen MR) is 78.9 cm³/mol. The molecule has 1 unspecified atom stereocenters. The summed E-state index contributed by atoms with van der Waals surface area (Å²) in [6.07, 6.45) is 1.87. The van der Waals surface area contributed by atoms with Gasteiger partial charge in [-0.05, 0) is 17.2 Å². The van der Waals surface area contributed by atoms with E-state index in [-0.39, 0.29) is 11.9 Å². The minimum atomic E-state index is 0.0556. The quantitative estimate of drug-likeness (QED) is 0.731. The molecule has 0 radical (unpaired) electrons. The van der Waals surface area contributed by atoms with Crippen molar-refractivity contribution in [2.45, 2.75) is 6.04 Å². The fourth-order valence-electron chi connectivity index (χ4n) is 2.99. The first kappa shape index (κ1) is 11.4. The van der Waals surface area contributed by atoms with Crippen molar-refractivity contribution >= 4 is 16.8 Å². The predicted octanol–water partition coefficient (Wildman–Crippen LogP) is 2.97. The van der Waals surface area contributed by atoms with Crippen LogP contribution in [0.15, 0.2) is 60.8 Å². The van der Waals surface area contributed by atoms with Gasteiger partial charge in [-0.15, -0.1) is 0 Å². The van der Waals surface area contributed by atoms with Crippen molar-refractivity contribution in [1.82, 2.24) is 9.88 Å². The monoisotopic (exact) mass is 262 g/mol. The molecular formula is C17H14N2O. The molecule has 0 saturated heterocycles. The summed E-state index contributed by atoms with van der Waals surface area (Å²) in [6, 6.07) is 18.5. The summed E-state index contributed by atoms with van der Waals surface area (Å²) in [5.74, 6) is 0.0888. The van der Waals surface area contributed by atoms with Crippen LogP contribution in [-0.4, -0.2) is 17.0 Å². The highest BCUT2D eigenvalue weighted by Gasteiger charge is 2.24. The molecule has 20 heavy (non-hydrogen) atoms. The van der Waals surface area contributed by atoms with Gasteiger partial charge in [-0.25, -0.2) is 0 Å². The zero-order chi connectivity index (χ0) is 13.5. The Morgan fingerprint density at radius 1 is 1.00 bits per heavy atom. The largest absolute Gasteiger partial charge is 0.298 e. The number of para-hydroxylation sites is 1. The molecule has 3 heteroatoms. The van der Waals surface area contributed by atoms with Crippen molar-refractivity contribution in [3.63, 3.8) is 0 Å². The van der Waals surface area contributed by atoms with Crippen LogP contribution in [0.5, 0.6) is 0 Å². The second-order valence-corrected chi connectivity index (χ2v) is 5.09. The van der Waals surface area contributed by atoms with E-state index in [0.29, 0.717) is 6.54 Å². The first-order valence-electron chi connectivity index (χ1n) is 6.76. The van der Waals surface area contributed by atoms with E-state index in [2.05, 4.69) is 35.6 Å². The minimum absolute atomic E-state index is 0.0556. The van der Waals surface area contributed by atoms with Gasteiger partial charge >= 0.3 is 0 Å². The number of benzene rings is 2. The lowest BCUT2D eigenvalue weighted by Gasteiger charge is -2.17. The molecule has 0 amide bonds. The molecule has 4 rings (SSSR count). The number of carbonyl (C=O) groups excluding carboxylic acids is 1. The molecule has 98 valence electrons. The number of hydrogen-bond acceptors (Lipinski definition) is 2. The van der Waals surface area contributed by atoms with Gasteiger partial charge < -0.3 is 0 Å². The zero-order valence-corrected chi connectivity index (χ0v) is 10.9. The normalized spacial score (nSPS) is 18.2. The van der Waals surface area contributed by atoms with Gasteiger partial charge in [-0.2, -0.15) is 0 Å². The van der Waals surface area contributed by atoms with Gasteiger partial charge in [0.25, 0.3) is 0 Å². The fraction of sp³-hybridized carbons (Fsp3) is 0.118. The topological polar surface area (TPSA) is 34.0 Å². The van der Waals surface area contributed by atoms with E-state index < -0.39 is 0 Å². The highest BCUT2D eigenvalue weighted by Crippen LogP contribution is 2.31. The Morgan fingerprint density at radius 2 is 1.85 bits per heavy atom. The number of nitrogens with one attached hydrogen (secondary N) is 1. The van der Waals surface area contributed by atoms with Crippen molar-refractivity contribution in [1.29, 1.82) is 0 Å². The maximum absolute atomic E-state index is 12.2. The number of carbonyl (C=O) groups is 1. The third kappa shape index (κ3) is 1.60. The van der Waals surface area contributed by atoms with Gasteiger partial charge in [-0.3, -0.25) is 14.7 Å². The first-order valence-corrected chi connectivity index (χ1v) is 6.76. The maximum atomic E-state index is 12.2. The summed E-state index contributed by atoms with van der Waals surface area (Å²) in [7, 11) is 0. The molecule has 3 aromatic rings. The molecular weight excluding hydrogens is 248 g/mol. The Hall–Kier alpha value is -2.39. The van der Waals surface area contributed by atoms with E-state index in [0.717, 1.165) is 16.5 Å². The zero-order valence-electron chi connectivity index (χ0n) is 10.9. The molecule has 0 fully saturated rings. The van der Waals surface area contributed by atoms with Crippen LogP contribution in [0.3, 0.4) is 0 Å². The van der Waals surface area contributed by atoms with Gasteiger partial charge in [0.2, 0.25) is 5.91 Å². The molecule has 1 aliphatic rings. The van der Waals surface area contributed by atoms with Crippen LogP contribution in [0.4, 0.5) is 0 Å². The third-order valence-electron chi connectivity index (χ3n) is 3.91. The van der Waals surface area contributed by atoms with Crippen molar-refractivity contribution < 1.29 is 4.79 Å². The average molecular weight is 262 g/mol. The van der Waals surface area contributed by atoms with Gasteiger partial charge in [0.05, 0.1) is 18.1 Å². The molecule has 0 saturated carbocycles. The second-order valence-electron chi connectivity index (χ2n) is 5.09. The highest BCUT2D eigenvalue weighted by molar-refractivity contribution is 5.96. The summed E-state index contributed by atoms with van der Waals surface area (Å²) < 4.78 is 1.76. The molecule has 0 bridgehead atoms. The number of rotatable bonds is 1. The molecule has 1 N–H and O–H groups in total. The average Bonchev–Trinajstić information content (AvgIpc) is 2.87. The third-order valence-corrected chi connectivity index (χ3v) is 3.91. The van der Waals surface area contributed by atoms with Crippen molar-refractivity contribution in [2.24, 2.45) is 0 Å². The van der Waals surface area contributed by atoms with Crippen molar-refractivity contribution in [3.05, 3.63) is 71.9 Å². The molecule has 1 aromatic heterocycles. The van der Waals surface area contributed by atoms with Crippen molar-refractivity contribution in [3.8, 4) is 0 Å². The molecule has 1 atom stereocenters. The van der Waals surface area contributed by atoms with Crippen LogP contribution in [-0.2, 0) is 0 Å². The Labute approximate surface area is 116 Å². The highest BCUT2D eigenvalue weighted by atomic mass is 16.2. The van der Waals surface area contributed by atoms with Crippen LogP contribution in [0.25, 0.3) is 10.9 Å². The van der Waals surface area contributed by atoms with E-state index >= 15 is 0 Å². The summed E-state index contributed by atoms with van der Waals surface area (Å²) in [4.78, 5) is 12.2. The maximum Gasteiger partial charge on any atom is 0.245 e. The van der Waals surface area contributed by atoms with E-state index in [4.69, 9.17) is 0 Å². The molecule has 0 aliphatic carbocycles. The fourth-order valence-corrected chi connectivity index (χ4v) is 2.99. The first-order chi connectivity index (χ1) is 9.84. The molecule has 1 aliphatic heterocycles. The summed E-state index contributed by atoms with van der Waals surface area (Å²) >= 11 is 0. The van der Waals surface area contributed by atoms with Crippen LogP contribution < -0.4 is 5.32 Å². The molecule has 3 nitrogen and oxygen atoms in total. The Balaban J connectivity index is 2.00. The van der Waals surface area contributed by atoms with Crippen LogP contribution in [0.2, 0.25) is 0 Å². The smallest absolute Gasteiger partial charge is 0.245 e. The molecule has 0 spiro atoms. The van der Waals surface area contributed by atoms with Crippen LogP contribution >= 0.6 is 0 Å².